The van der Waals surface area contributed by atoms with Crippen molar-refractivity contribution in [3.63, 3.8) is 0 Å². The number of benzene rings is 1. The molecule has 108 valence electrons. The van der Waals surface area contributed by atoms with Gasteiger partial charge >= 0.3 is 0 Å². The predicted molar refractivity (Wildman–Crippen MR) is 90.7 cm³/mol. The van der Waals surface area contributed by atoms with Gasteiger partial charge in [0.05, 0.1) is 11.8 Å². The number of thiophene rings is 1. The normalized spacial score (nSPS) is 14.1. The standard InChI is InChI=1S/C16H20BrNOS/c1-11(9-14-5-4-8-20-14)18(3)16-7-6-13(12(2)19)10-15(16)17/h4-8,10-12,19H,9H2,1-3H3/t11?,12-/m0/s1. The van der Waals surface area contributed by atoms with Crippen molar-refractivity contribution in [2.45, 2.75) is 32.4 Å². The van der Waals surface area contributed by atoms with Crippen molar-refractivity contribution in [2.24, 2.45) is 0 Å². The number of nitrogens with zero attached hydrogens (tertiary/aromatic N) is 1. The van der Waals surface area contributed by atoms with Crippen LogP contribution in [0.5, 0.6) is 0 Å². The smallest absolute Gasteiger partial charge is 0.0762 e. The topological polar surface area (TPSA) is 23.5 Å². The van der Waals surface area contributed by atoms with Crippen LogP contribution in [0.15, 0.2) is 40.2 Å². The summed E-state index contributed by atoms with van der Waals surface area (Å²) in [4.78, 5) is 3.68. The van der Waals surface area contributed by atoms with E-state index in [0.717, 1.165) is 22.1 Å². The van der Waals surface area contributed by atoms with Gasteiger partial charge in [-0.05, 0) is 58.9 Å². The highest BCUT2D eigenvalue weighted by Crippen LogP contribution is 2.30. The minimum Gasteiger partial charge on any atom is -0.389 e. The molecule has 2 atom stereocenters. The van der Waals surface area contributed by atoms with Crippen LogP contribution in [-0.4, -0.2) is 18.2 Å². The van der Waals surface area contributed by atoms with Gasteiger partial charge in [0.25, 0.3) is 0 Å². The summed E-state index contributed by atoms with van der Waals surface area (Å²) < 4.78 is 1.02. The first-order valence-electron chi connectivity index (χ1n) is 6.71. The molecule has 1 aromatic carbocycles. The molecular weight excluding hydrogens is 334 g/mol. The molecule has 0 amide bonds. The third-order valence-corrected chi connectivity index (χ3v) is 5.11. The van der Waals surface area contributed by atoms with E-state index in [1.807, 2.05) is 12.1 Å². The third kappa shape index (κ3) is 3.62. The Balaban J connectivity index is 2.14. The van der Waals surface area contributed by atoms with Gasteiger partial charge < -0.3 is 10.0 Å². The van der Waals surface area contributed by atoms with Crippen LogP contribution in [0, 0.1) is 0 Å². The number of aliphatic hydroxyl groups excluding tert-OH is 1. The number of likely N-dealkylation sites (N-methyl/N-ethyl adjacent to an activating group) is 1. The zero-order valence-corrected chi connectivity index (χ0v) is 14.4. The zero-order chi connectivity index (χ0) is 14.7. The van der Waals surface area contributed by atoms with Gasteiger partial charge in [0.1, 0.15) is 0 Å². The minimum atomic E-state index is -0.436. The maximum absolute atomic E-state index is 9.62. The largest absolute Gasteiger partial charge is 0.389 e. The summed E-state index contributed by atoms with van der Waals surface area (Å²) in [5.74, 6) is 0. The Hall–Kier alpha value is -0.840. The monoisotopic (exact) mass is 353 g/mol. The van der Waals surface area contributed by atoms with Crippen LogP contribution in [0.1, 0.15) is 30.4 Å². The summed E-state index contributed by atoms with van der Waals surface area (Å²) >= 11 is 5.42. The number of halogens is 1. The van der Waals surface area contributed by atoms with Crippen molar-refractivity contribution in [2.75, 3.05) is 11.9 Å². The SMILES string of the molecule is CC(Cc1cccs1)N(C)c1ccc([C@H](C)O)cc1Br. The Labute approximate surface area is 133 Å². The first-order chi connectivity index (χ1) is 9.49. The van der Waals surface area contributed by atoms with Gasteiger partial charge in [0.2, 0.25) is 0 Å². The molecule has 1 heterocycles. The molecule has 2 rings (SSSR count). The molecule has 20 heavy (non-hydrogen) atoms. The average molecular weight is 354 g/mol. The van der Waals surface area contributed by atoms with Gasteiger partial charge in [0.15, 0.2) is 0 Å². The second kappa shape index (κ2) is 6.74. The summed E-state index contributed by atoms with van der Waals surface area (Å²) in [5.41, 5.74) is 2.08. The minimum absolute atomic E-state index is 0.419. The number of hydrogen-bond donors (Lipinski definition) is 1. The van der Waals surface area contributed by atoms with Crippen molar-refractivity contribution in [1.82, 2.24) is 0 Å². The van der Waals surface area contributed by atoms with Gasteiger partial charge in [-0.25, -0.2) is 0 Å². The molecule has 1 unspecified atom stereocenters. The zero-order valence-electron chi connectivity index (χ0n) is 12.0. The second-order valence-corrected chi connectivity index (χ2v) is 7.02. The van der Waals surface area contributed by atoms with E-state index in [9.17, 15) is 5.11 Å². The Kier molecular flexibility index (Phi) is 5.24. The fourth-order valence-electron chi connectivity index (χ4n) is 2.16. The molecule has 4 heteroatoms. The van der Waals surface area contributed by atoms with Crippen LogP contribution >= 0.6 is 27.3 Å². The van der Waals surface area contributed by atoms with Crippen molar-refractivity contribution in [3.05, 3.63) is 50.6 Å². The van der Waals surface area contributed by atoms with E-state index in [2.05, 4.69) is 58.4 Å². The maximum atomic E-state index is 9.62. The number of hydrogen-bond acceptors (Lipinski definition) is 3. The summed E-state index contributed by atoms with van der Waals surface area (Å²) in [7, 11) is 2.11. The lowest BCUT2D eigenvalue weighted by atomic mass is 10.1. The fraction of sp³-hybridized carbons (Fsp3) is 0.375. The van der Waals surface area contributed by atoms with E-state index in [4.69, 9.17) is 0 Å². The van der Waals surface area contributed by atoms with Crippen LogP contribution in [-0.2, 0) is 6.42 Å². The Morgan fingerprint density at radius 1 is 1.30 bits per heavy atom. The van der Waals surface area contributed by atoms with E-state index in [-0.39, 0.29) is 0 Å². The molecule has 0 aliphatic heterocycles. The molecule has 0 saturated carbocycles. The predicted octanol–water partition coefficient (Wildman–Crippen LogP) is 4.63. The fourth-order valence-corrected chi connectivity index (χ4v) is 3.67. The molecule has 0 radical (unpaired) electrons. The Bertz CT molecular complexity index is 554. The van der Waals surface area contributed by atoms with Gasteiger partial charge in [-0.2, -0.15) is 0 Å². The lowest BCUT2D eigenvalue weighted by Gasteiger charge is -2.28. The molecular formula is C16H20BrNOS. The maximum Gasteiger partial charge on any atom is 0.0762 e. The lowest BCUT2D eigenvalue weighted by Crippen LogP contribution is -2.30. The van der Waals surface area contributed by atoms with Gasteiger partial charge in [-0.1, -0.05) is 12.1 Å². The van der Waals surface area contributed by atoms with Crippen molar-refractivity contribution in [3.8, 4) is 0 Å². The van der Waals surface area contributed by atoms with E-state index in [0.29, 0.717) is 6.04 Å². The van der Waals surface area contributed by atoms with Crippen LogP contribution in [0.3, 0.4) is 0 Å². The molecule has 2 aromatic rings. The number of anilines is 1. The van der Waals surface area contributed by atoms with E-state index in [1.165, 1.54) is 4.88 Å². The lowest BCUT2D eigenvalue weighted by molar-refractivity contribution is 0.199. The highest BCUT2D eigenvalue weighted by Gasteiger charge is 2.15. The number of aliphatic hydroxyl groups is 1. The summed E-state index contributed by atoms with van der Waals surface area (Å²) in [6.07, 6.45) is 0.605. The van der Waals surface area contributed by atoms with Crippen LogP contribution in [0.2, 0.25) is 0 Å². The van der Waals surface area contributed by atoms with Crippen LogP contribution in [0.25, 0.3) is 0 Å². The molecule has 0 saturated heterocycles. The molecule has 0 aliphatic carbocycles. The molecule has 1 N–H and O–H groups in total. The molecule has 0 fully saturated rings. The van der Waals surface area contributed by atoms with Crippen LogP contribution in [0.4, 0.5) is 5.69 Å². The van der Waals surface area contributed by atoms with Gasteiger partial charge in [0, 0.05) is 28.9 Å². The van der Waals surface area contributed by atoms with Gasteiger partial charge in [-0.3, -0.25) is 0 Å². The Morgan fingerprint density at radius 3 is 2.60 bits per heavy atom. The summed E-state index contributed by atoms with van der Waals surface area (Å²) in [5, 5.41) is 11.7. The third-order valence-electron chi connectivity index (χ3n) is 3.57. The molecule has 2 nitrogen and oxygen atoms in total. The Morgan fingerprint density at radius 2 is 2.05 bits per heavy atom. The molecule has 1 aromatic heterocycles. The first kappa shape index (κ1) is 15.5. The highest BCUT2D eigenvalue weighted by atomic mass is 79.9. The molecule has 0 bridgehead atoms. The van der Waals surface area contributed by atoms with E-state index < -0.39 is 6.10 Å². The van der Waals surface area contributed by atoms with Crippen molar-refractivity contribution in [1.29, 1.82) is 0 Å². The average Bonchev–Trinajstić information content (AvgIpc) is 2.90. The summed E-state index contributed by atoms with van der Waals surface area (Å²) in [6.45, 7) is 4.01. The van der Waals surface area contributed by atoms with E-state index in [1.54, 1.807) is 18.3 Å². The molecule has 0 aliphatic rings. The van der Waals surface area contributed by atoms with E-state index >= 15 is 0 Å². The second-order valence-electron chi connectivity index (χ2n) is 5.13. The number of rotatable bonds is 5. The quantitative estimate of drug-likeness (QED) is 0.846. The van der Waals surface area contributed by atoms with Crippen LogP contribution < -0.4 is 4.90 Å². The van der Waals surface area contributed by atoms with Crippen molar-refractivity contribution < 1.29 is 5.11 Å². The summed E-state index contributed by atoms with van der Waals surface area (Å²) in [6, 6.07) is 10.7. The van der Waals surface area contributed by atoms with Crippen molar-refractivity contribution >= 4 is 33.0 Å². The highest BCUT2D eigenvalue weighted by molar-refractivity contribution is 9.10. The van der Waals surface area contributed by atoms with Gasteiger partial charge in [-0.15, -0.1) is 11.3 Å². The first-order valence-corrected chi connectivity index (χ1v) is 8.39. The molecule has 0 spiro atoms.